The van der Waals surface area contributed by atoms with Gasteiger partial charge in [0, 0.05) is 12.2 Å². The quantitative estimate of drug-likeness (QED) is 0.844. The summed E-state index contributed by atoms with van der Waals surface area (Å²) in [5.41, 5.74) is 1.47. The largest absolute Gasteiger partial charge is 0.481 e. The lowest BCUT2D eigenvalue weighted by molar-refractivity contribution is -0.136. The monoisotopic (exact) mass is 249 g/mol. The van der Waals surface area contributed by atoms with E-state index in [1.165, 1.54) is 0 Å². The summed E-state index contributed by atoms with van der Waals surface area (Å²) in [4.78, 5) is 14.6. The maximum absolute atomic E-state index is 10.5. The molecule has 0 amide bonds. The third-order valence-corrected chi connectivity index (χ3v) is 2.55. The molecule has 96 valence electrons. The Morgan fingerprint density at radius 3 is 2.94 bits per heavy atom. The Kier molecular flexibility index (Phi) is 3.40. The van der Waals surface area contributed by atoms with Crippen LogP contribution in [0.2, 0.25) is 0 Å². The zero-order valence-corrected chi connectivity index (χ0v) is 10.3. The first-order chi connectivity index (χ1) is 8.56. The molecule has 0 bridgehead atoms. The summed E-state index contributed by atoms with van der Waals surface area (Å²) in [7, 11) is 0. The number of hydrogen-bond donors (Lipinski definition) is 1. The van der Waals surface area contributed by atoms with Crippen LogP contribution < -0.4 is 0 Å². The van der Waals surface area contributed by atoms with E-state index in [2.05, 4.69) is 29.1 Å². The molecule has 0 unspecified atom stereocenters. The molecule has 0 aliphatic carbocycles. The van der Waals surface area contributed by atoms with E-state index in [9.17, 15) is 4.79 Å². The Labute approximate surface area is 104 Å². The smallest absolute Gasteiger partial charge is 0.309 e. The molecule has 0 saturated carbocycles. The van der Waals surface area contributed by atoms with Crippen LogP contribution in [-0.2, 0) is 17.8 Å². The molecular formula is C11H15N5O2. The van der Waals surface area contributed by atoms with E-state index in [-0.39, 0.29) is 6.42 Å². The molecule has 0 aliphatic rings. The third-order valence-electron chi connectivity index (χ3n) is 2.55. The van der Waals surface area contributed by atoms with Gasteiger partial charge < -0.3 is 9.67 Å². The van der Waals surface area contributed by atoms with Gasteiger partial charge in [-0.1, -0.05) is 5.21 Å². The summed E-state index contributed by atoms with van der Waals surface area (Å²) in [6.45, 7) is 4.68. The van der Waals surface area contributed by atoms with Gasteiger partial charge in [-0.3, -0.25) is 4.79 Å². The van der Waals surface area contributed by atoms with Crippen LogP contribution in [0.1, 0.15) is 31.3 Å². The summed E-state index contributed by atoms with van der Waals surface area (Å²) >= 11 is 0. The van der Waals surface area contributed by atoms with Gasteiger partial charge in [-0.15, -0.1) is 5.10 Å². The second kappa shape index (κ2) is 4.99. The molecule has 2 aromatic rings. The predicted molar refractivity (Wildman–Crippen MR) is 63.1 cm³/mol. The minimum absolute atomic E-state index is 0.108. The molecule has 1 N–H and O–H groups in total. The lowest BCUT2D eigenvalue weighted by Crippen LogP contribution is -2.09. The number of rotatable bonds is 5. The fourth-order valence-electron chi connectivity index (χ4n) is 1.74. The molecule has 7 heteroatoms. The van der Waals surface area contributed by atoms with Crippen molar-refractivity contribution in [2.24, 2.45) is 0 Å². The molecule has 0 atom stereocenters. The van der Waals surface area contributed by atoms with Crippen LogP contribution in [0.5, 0.6) is 0 Å². The molecule has 0 fully saturated rings. The third kappa shape index (κ3) is 2.73. The van der Waals surface area contributed by atoms with Crippen LogP contribution in [0.4, 0.5) is 0 Å². The lowest BCUT2D eigenvalue weighted by Gasteiger charge is -2.10. The minimum Gasteiger partial charge on any atom is -0.481 e. The molecule has 0 aromatic carbocycles. The number of carboxylic acids is 1. The number of aromatic nitrogens is 5. The number of hydrogen-bond acceptors (Lipinski definition) is 4. The fourth-order valence-corrected chi connectivity index (χ4v) is 1.74. The van der Waals surface area contributed by atoms with E-state index in [4.69, 9.17) is 5.11 Å². The average molecular weight is 249 g/mol. The highest BCUT2D eigenvalue weighted by Gasteiger charge is 2.09. The Morgan fingerprint density at radius 2 is 2.28 bits per heavy atom. The van der Waals surface area contributed by atoms with Crippen molar-refractivity contribution in [1.82, 2.24) is 24.5 Å². The molecule has 2 heterocycles. The molecule has 0 saturated heterocycles. The second-order valence-corrected chi connectivity index (χ2v) is 4.36. The van der Waals surface area contributed by atoms with Crippen molar-refractivity contribution < 1.29 is 9.90 Å². The Hall–Kier alpha value is -2.18. The molecule has 2 rings (SSSR count). The molecule has 18 heavy (non-hydrogen) atoms. The van der Waals surface area contributed by atoms with Crippen molar-refractivity contribution in [3.63, 3.8) is 0 Å². The Morgan fingerprint density at radius 1 is 1.50 bits per heavy atom. The van der Waals surface area contributed by atoms with Crippen LogP contribution >= 0.6 is 0 Å². The van der Waals surface area contributed by atoms with Gasteiger partial charge in [0.05, 0.1) is 36.9 Å². The van der Waals surface area contributed by atoms with E-state index >= 15 is 0 Å². The first-order valence-corrected chi connectivity index (χ1v) is 5.67. The zero-order valence-electron chi connectivity index (χ0n) is 10.3. The number of carboxylic acid groups (broad SMARTS) is 1. The van der Waals surface area contributed by atoms with Gasteiger partial charge in [-0.2, -0.15) is 0 Å². The van der Waals surface area contributed by atoms with Gasteiger partial charge in [0.25, 0.3) is 0 Å². The van der Waals surface area contributed by atoms with E-state index in [1.807, 2.05) is 4.57 Å². The Bertz CT molecular complexity index is 543. The van der Waals surface area contributed by atoms with Crippen LogP contribution in [0, 0.1) is 0 Å². The van der Waals surface area contributed by atoms with Gasteiger partial charge in [0.2, 0.25) is 0 Å². The van der Waals surface area contributed by atoms with Gasteiger partial charge >= 0.3 is 5.97 Å². The van der Waals surface area contributed by atoms with Crippen molar-refractivity contribution in [2.45, 2.75) is 32.9 Å². The van der Waals surface area contributed by atoms with Crippen molar-refractivity contribution >= 4 is 5.97 Å². The van der Waals surface area contributed by atoms with Crippen LogP contribution in [0.15, 0.2) is 18.7 Å². The summed E-state index contributed by atoms with van der Waals surface area (Å²) in [5.74, 6) is -0.908. The maximum Gasteiger partial charge on any atom is 0.309 e. The highest BCUT2D eigenvalue weighted by atomic mass is 16.4. The summed E-state index contributed by atoms with van der Waals surface area (Å²) < 4.78 is 3.66. The number of aliphatic carboxylic acids is 1. The van der Waals surface area contributed by atoms with Gasteiger partial charge in [-0.05, 0) is 13.8 Å². The highest BCUT2D eigenvalue weighted by Crippen LogP contribution is 2.10. The number of carbonyl (C=O) groups is 1. The van der Waals surface area contributed by atoms with Crippen molar-refractivity contribution in [2.75, 3.05) is 0 Å². The average Bonchev–Trinajstić information content (AvgIpc) is 2.87. The highest BCUT2D eigenvalue weighted by molar-refractivity contribution is 5.69. The molecular weight excluding hydrogens is 234 g/mol. The zero-order chi connectivity index (χ0) is 13.1. The summed E-state index contributed by atoms with van der Waals surface area (Å²) in [6, 6.07) is 0.324. The first-order valence-electron chi connectivity index (χ1n) is 5.67. The topological polar surface area (TPSA) is 85.8 Å². The van der Waals surface area contributed by atoms with Crippen molar-refractivity contribution in [3.8, 4) is 0 Å². The van der Waals surface area contributed by atoms with Crippen LogP contribution in [0.25, 0.3) is 0 Å². The van der Waals surface area contributed by atoms with E-state index in [0.29, 0.717) is 18.3 Å². The number of imidazole rings is 1. The van der Waals surface area contributed by atoms with Crippen LogP contribution in [-0.4, -0.2) is 35.6 Å². The van der Waals surface area contributed by atoms with Gasteiger partial charge in [-0.25, -0.2) is 9.67 Å². The first kappa shape index (κ1) is 12.3. The lowest BCUT2D eigenvalue weighted by atomic mass is 10.3. The number of nitrogens with zero attached hydrogens (tertiary/aromatic N) is 5. The second-order valence-electron chi connectivity index (χ2n) is 4.36. The summed E-state index contributed by atoms with van der Waals surface area (Å²) in [5, 5.41) is 16.4. The van der Waals surface area contributed by atoms with E-state index < -0.39 is 5.97 Å². The van der Waals surface area contributed by atoms with E-state index in [0.717, 1.165) is 5.69 Å². The molecule has 7 nitrogen and oxygen atoms in total. The SMILES string of the molecule is CC(C)n1cncc1Cn1cc(CC(=O)O)nn1. The van der Waals surface area contributed by atoms with Crippen LogP contribution in [0.3, 0.4) is 0 Å². The molecule has 2 aromatic heterocycles. The molecule has 0 spiro atoms. The van der Waals surface area contributed by atoms with Crippen molar-refractivity contribution in [3.05, 3.63) is 30.1 Å². The van der Waals surface area contributed by atoms with Crippen molar-refractivity contribution in [1.29, 1.82) is 0 Å². The van der Waals surface area contributed by atoms with Gasteiger partial charge in [0.1, 0.15) is 0 Å². The standard InChI is InChI=1S/C11H15N5O2/c1-8(2)16-7-12-4-10(16)6-15-5-9(13-14-15)3-11(17)18/h4-5,7-8H,3,6H2,1-2H3,(H,17,18). The summed E-state index contributed by atoms with van der Waals surface area (Å²) in [6.07, 6.45) is 5.09. The van der Waals surface area contributed by atoms with Gasteiger partial charge in [0.15, 0.2) is 0 Å². The minimum atomic E-state index is -0.908. The predicted octanol–water partition coefficient (Wildman–Crippen LogP) is 0.731. The fraction of sp³-hybridized carbons (Fsp3) is 0.455. The maximum atomic E-state index is 10.5. The molecule has 0 radical (unpaired) electrons. The van der Waals surface area contributed by atoms with E-state index in [1.54, 1.807) is 23.4 Å². The normalized spacial score (nSPS) is 11.1. The molecule has 0 aliphatic heterocycles. The Balaban J connectivity index is 2.11.